The van der Waals surface area contributed by atoms with Crippen LogP contribution in [0.2, 0.25) is 0 Å². The Bertz CT molecular complexity index is 346. The molecule has 0 aliphatic heterocycles. The van der Waals surface area contributed by atoms with Gasteiger partial charge in [-0.1, -0.05) is 13.8 Å². The van der Waals surface area contributed by atoms with Gasteiger partial charge in [0.1, 0.15) is 9.84 Å². The number of nitrogens with two attached hydrogens (primary N) is 1. The van der Waals surface area contributed by atoms with Gasteiger partial charge in [-0.3, -0.25) is 4.90 Å². The Morgan fingerprint density at radius 2 is 1.89 bits per heavy atom. The van der Waals surface area contributed by atoms with Crippen molar-refractivity contribution >= 4 is 9.84 Å². The van der Waals surface area contributed by atoms with Crippen molar-refractivity contribution in [3.05, 3.63) is 0 Å². The van der Waals surface area contributed by atoms with E-state index in [0.29, 0.717) is 13.1 Å². The summed E-state index contributed by atoms with van der Waals surface area (Å²) in [7, 11) is -2.90. The molecule has 0 amide bonds. The van der Waals surface area contributed by atoms with Gasteiger partial charge in [-0.15, -0.1) is 0 Å². The van der Waals surface area contributed by atoms with Crippen LogP contribution in [0.4, 0.5) is 0 Å². The first-order valence-electron chi connectivity index (χ1n) is 6.96. The lowest BCUT2D eigenvalue weighted by atomic mass is 9.76. The van der Waals surface area contributed by atoms with Crippen molar-refractivity contribution in [2.24, 2.45) is 11.7 Å². The van der Waals surface area contributed by atoms with Crippen molar-refractivity contribution in [3.63, 3.8) is 0 Å². The predicted molar refractivity (Wildman–Crippen MR) is 76.4 cm³/mol. The Morgan fingerprint density at radius 3 is 2.28 bits per heavy atom. The maximum absolute atomic E-state index is 11.3. The van der Waals surface area contributed by atoms with Crippen molar-refractivity contribution in [3.8, 4) is 0 Å². The lowest BCUT2D eigenvalue weighted by Crippen LogP contribution is -2.56. The molecule has 1 aliphatic carbocycles. The molecular formula is C13H28N2O2S. The normalized spacial score (nSPS) is 29.7. The highest BCUT2D eigenvalue weighted by atomic mass is 32.2. The van der Waals surface area contributed by atoms with Crippen molar-refractivity contribution in [2.45, 2.75) is 45.1 Å². The molecule has 18 heavy (non-hydrogen) atoms. The van der Waals surface area contributed by atoms with Crippen LogP contribution in [0, 0.1) is 5.92 Å². The van der Waals surface area contributed by atoms with Gasteiger partial charge >= 0.3 is 0 Å². The largest absolute Gasteiger partial charge is 0.329 e. The fourth-order valence-electron chi connectivity index (χ4n) is 2.96. The van der Waals surface area contributed by atoms with Gasteiger partial charge in [0, 0.05) is 24.9 Å². The average molecular weight is 276 g/mol. The minimum Gasteiger partial charge on any atom is -0.329 e. The summed E-state index contributed by atoms with van der Waals surface area (Å²) in [5.41, 5.74) is 6.04. The minimum absolute atomic E-state index is 0.0337. The molecule has 0 atom stereocenters. The molecule has 0 aromatic carbocycles. The third-order valence-corrected chi connectivity index (χ3v) is 5.29. The molecule has 4 nitrogen and oxygen atoms in total. The van der Waals surface area contributed by atoms with Crippen molar-refractivity contribution in [1.82, 2.24) is 4.90 Å². The molecule has 0 bridgehead atoms. The van der Waals surface area contributed by atoms with E-state index in [1.165, 1.54) is 19.1 Å². The van der Waals surface area contributed by atoms with Gasteiger partial charge in [0.05, 0.1) is 5.75 Å². The minimum atomic E-state index is -2.90. The van der Waals surface area contributed by atoms with Crippen molar-refractivity contribution in [2.75, 3.05) is 31.6 Å². The average Bonchev–Trinajstić information content (AvgIpc) is 2.31. The van der Waals surface area contributed by atoms with Gasteiger partial charge < -0.3 is 5.73 Å². The van der Waals surface area contributed by atoms with E-state index in [1.807, 2.05) is 0 Å². The van der Waals surface area contributed by atoms with E-state index in [9.17, 15) is 8.42 Å². The zero-order chi connectivity index (χ0) is 13.8. The van der Waals surface area contributed by atoms with Crippen LogP contribution in [0.3, 0.4) is 0 Å². The smallest absolute Gasteiger partial charge is 0.148 e. The van der Waals surface area contributed by atoms with E-state index in [4.69, 9.17) is 5.73 Å². The van der Waals surface area contributed by atoms with Crippen LogP contribution < -0.4 is 5.73 Å². The summed E-state index contributed by atoms with van der Waals surface area (Å²) in [5.74, 6) is 1.01. The molecule has 5 heteroatoms. The molecule has 0 radical (unpaired) electrons. The standard InChI is InChI=1S/C13H28N2O2S/c1-4-15(9-10-18(3,16)17)13(11-14)7-5-12(2)6-8-13/h12H,4-11,14H2,1-3H3. The van der Waals surface area contributed by atoms with E-state index in [0.717, 1.165) is 25.3 Å². The maximum Gasteiger partial charge on any atom is 0.148 e. The Morgan fingerprint density at radius 1 is 1.33 bits per heavy atom. The maximum atomic E-state index is 11.3. The molecule has 0 aromatic heterocycles. The first kappa shape index (κ1) is 15.9. The van der Waals surface area contributed by atoms with Gasteiger partial charge in [0.15, 0.2) is 0 Å². The molecule has 1 saturated carbocycles. The summed E-state index contributed by atoms with van der Waals surface area (Å²) in [5, 5.41) is 0. The fourth-order valence-corrected chi connectivity index (χ4v) is 3.51. The van der Waals surface area contributed by atoms with Crippen LogP contribution in [0.1, 0.15) is 39.5 Å². The highest BCUT2D eigenvalue weighted by molar-refractivity contribution is 7.90. The Hall–Kier alpha value is -0.130. The highest BCUT2D eigenvalue weighted by Gasteiger charge is 2.37. The van der Waals surface area contributed by atoms with Gasteiger partial charge in [-0.05, 0) is 38.1 Å². The molecule has 2 N–H and O–H groups in total. The van der Waals surface area contributed by atoms with Crippen LogP contribution in [0.5, 0.6) is 0 Å². The Kier molecular flexibility index (Phi) is 5.62. The second-order valence-electron chi connectivity index (χ2n) is 5.82. The van der Waals surface area contributed by atoms with Gasteiger partial charge in [0.25, 0.3) is 0 Å². The zero-order valence-electron chi connectivity index (χ0n) is 12.0. The molecule has 0 heterocycles. The predicted octanol–water partition coefficient (Wildman–Crippen LogP) is 1.26. The third-order valence-electron chi connectivity index (χ3n) is 4.37. The quantitative estimate of drug-likeness (QED) is 0.793. The van der Waals surface area contributed by atoms with Gasteiger partial charge in [-0.2, -0.15) is 0 Å². The van der Waals surface area contributed by atoms with E-state index in [2.05, 4.69) is 18.7 Å². The first-order valence-corrected chi connectivity index (χ1v) is 9.02. The Labute approximate surface area is 112 Å². The summed E-state index contributed by atoms with van der Waals surface area (Å²) >= 11 is 0. The lowest BCUT2D eigenvalue weighted by Gasteiger charge is -2.47. The second-order valence-corrected chi connectivity index (χ2v) is 8.08. The Balaban J connectivity index is 2.71. The second kappa shape index (κ2) is 6.35. The molecule has 0 saturated heterocycles. The first-order chi connectivity index (χ1) is 8.33. The van der Waals surface area contributed by atoms with E-state index in [-0.39, 0.29) is 11.3 Å². The van der Waals surface area contributed by atoms with Crippen LogP contribution in [0.15, 0.2) is 0 Å². The molecule has 1 rings (SSSR count). The number of sulfone groups is 1. The number of likely N-dealkylation sites (N-methyl/N-ethyl adjacent to an activating group) is 1. The van der Waals surface area contributed by atoms with Crippen LogP contribution in [0.25, 0.3) is 0 Å². The third kappa shape index (κ3) is 4.21. The van der Waals surface area contributed by atoms with Crippen molar-refractivity contribution < 1.29 is 8.42 Å². The van der Waals surface area contributed by atoms with Crippen LogP contribution in [-0.4, -0.2) is 50.5 Å². The molecule has 0 aromatic rings. The van der Waals surface area contributed by atoms with E-state index >= 15 is 0 Å². The van der Waals surface area contributed by atoms with Crippen LogP contribution in [-0.2, 0) is 9.84 Å². The molecule has 1 fully saturated rings. The summed E-state index contributed by atoms with van der Waals surface area (Å²) in [6.07, 6.45) is 5.91. The topological polar surface area (TPSA) is 63.4 Å². The molecule has 0 spiro atoms. The molecule has 108 valence electrons. The summed E-state index contributed by atoms with van der Waals surface area (Å²) < 4.78 is 22.6. The monoisotopic (exact) mass is 276 g/mol. The van der Waals surface area contributed by atoms with Gasteiger partial charge in [0.2, 0.25) is 0 Å². The number of nitrogens with zero attached hydrogens (tertiary/aromatic N) is 1. The van der Waals surface area contributed by atoms with Crippen LogP contribution >= 0.6 is 0 Å². The molecular weight excluding hydrogens is 248 g/mol. The van der Waals surface area contributed by atoms with Crippen molar-refractivity contribution in [1.29, 1.82) is 0 Å². The number of hydrogen-bond acceptors (Lipinski definition) is 4. The highest BCUT2D eigenvalue weighted by Crippen LogP contribution is 2.35. The number of hydrogen-bond donors (Lipinski definition) is 1. The fraction of sp³-hybridized carbons (Fsp3) is 1.00. The summed E-state index contributed by atoms with van der Waals surface area (Å²) in [6, 6.07) is 0. The SMILES string of the molecule is CCN(CCS(C)(=O)=O)C1(CN)CCC(C)CC1. The summed E-state index contributed by atoms with van der Waals surface area (Å²) in [4.78, 5) is 2.29. The molecule has 1 aliphatic rings. The lowest BCUT2D eigenvalue weighted by molar-refractivity contribution is 0.0544. The van der Waals surface area contributed by atoms with E-state index in [1.54, 1.807) is 0 Å². The van der Waals surface area contributed by atoms with Gasteiger partial charge in [-0.25, -0.2) is 8.42 Å². The van der Waals surface area contributed by atoms with E-state index < -0.39 is 9.84 Å². The number of rotatable bonds is 6. The zero-order valence-corrected chi connectivity index (χ0v) is 12.8. The molecule has 0 unspecified atom stereocenters. The summed E-state index contributed by atoms with van der Waals surface area (Å²) in [6.45, 7) is 6.50.